The van der Waals surface area contributed by atoms with Crippen molar-refractivity contribution in [1.82, 2.24) is 4.90 Å². The Labute approximate surface area is 108 Å². The fraction of sp³-hybridized carbons (Fsp3) is 0.923. The summed E-state index contributed by atoms with van der Waals surface area (Å²) in [5.41, 5.74) is -0.833. The molecule has 0 radical (unpaired) electrons. The van der Waals surface area contributed by atoms with Gasteiger partial charge in [0.15, 0.2) is 0 Å². The highest BCUT2D eigenvalue weighted by Gasteiger charge is 2.47. The van der Waals surface area contributed by atoms with Gasteiger partial charge in [0.05, 0.1) is 31.4 Å². The summed E-state index contributed by atoms with van der Waals surface area (Å²) < 4.78 is 16.8. The Kier molecular flexibility index (Phi) is 3.32. The van der Waals surface area contributed by atoms with Crippen LogP contribution < -0.4 is 0 Å². The quantitative estimate of drug-likeness (QED) is 0.664. The van der Waals surface area contributed by atoms with Crippen molar-refractivity contribution in [2.45, 2.75) is 58.0 Å². The van der Waals surface area contributed by atoms with Crippen molar-refractivity contribution in [3.8, 4) is 0 Å². The molecule has 0 aromatic rings. The third-order valence-electron chi connectivity index (χ3n) is 3.05. The van der Waals surface area contributed by atoms with Crippen molar-refractivity contribution < 1.29 is 19.0 Å². The predicted octanol–water partition coefficient (Wildman–Crippen LogP) is 1.80. The number of nitrogens with zero attached hydrogens (tertiary/aromatic N) is 1. The topological polar surface area (TPSA) is 48.0 Å². The van der Waals surface area contributed by atoms with Crippen LogP contribution in [0, 0.1) is 0 Å². The Bertz CT molecular complexity index is 334. The van der Waals surface area contributed by atoms with Crippen molar-refractivity contribution >= 4 is 6.09 Å². The van der Waals surface area contributed by atoms with E-state index >= 15 is 0 Å². The number of hydrogen-bond acceptors (Lipinski definition) is 4. The fourth-order valence-electron chi connectivity index (χ4n) is 2.42. The summed E-state index contributed by atoms with van der Waals surface area (Å²) in [5, 5.41) is 0. The molecule has 104 valence electrons. The minimum atomic E-state index is -0.478. The molecule has 2 aliphatic rings. The van der Waals surface area contributed by atoms with E-state index in [-0.39, 0.29) is 23.8 Å². The van der Waals surface area contributed by atoms with Gasteiger partial charge < -0.3 is 14.2 Å². The van der Waals surface area contributed by atoms with Gasteiger partial charge in [0, 0.05) is 0 Å². The second-order valence-electron chi connectivity index (χ2n) is 6.63. The second-order valence-corrected chi connectivity index (χ2v) is 6.63. The first-order valence-corrected chi connectivity index (χ1v) is 6.43. The molecular weight excluding hydrogens is 234 g/mol. The number of morpholine rings is 1. The number of amides is 1. The van der Waals surface area contributed by atoms with Crippen LogP contribution in [0.25, 0.3) is 0 Å². The predicted molar refractivity (Wildman–Crippen MR) is 66.5 cm³/mol. The van der Waals surface area contributed by atoms with Crippen LogP contribution >= 0.6 is 0 Å². The van der Waals surface area contributed by atoms with E-state index in [4.69, 9.17) is 14.2 Å². The smallest absolute Gasteiger partial charge is 0.410 e. The molecule has 0 saturated carbocycles. The maximum Gasteiger partial charge on any atom is 0.410 e. The van der Waals surface area contributed by atoms with E-state index in [9.17, 15) is 4.79 Å². The third kappa shape index (κ3) is 2.95. The van der Waals surface area contributed by atoms with Gasteiger partial charge >= 0.3 is 6.09 Å². The van der Waals surface area contributed by atoms with Gasteiger partial charge in [0.1, 0.15) is 11.7 Å². The minimum absolute atomic E-state index is 0.0205. The van der Waals surface area contributed by atoms with Crippen molar-refractivity contribution in [2.75, 3.05) is 19.8 Å². The highest BCUT2D eigenvalue weighted by atomic mass is 16.6. The van der Waals surface area contributed by atoms with Crippen molar-refractivity contribution in [3.05, 3.63) is 0 Å². The standard InChI is InChI=1S/C13H23NO4/c1-12(2,3)18-11(15)14-8-13(4,5)17-10-7-16-6-9(10)14/h9-10H,6-8H2,1-5H3/t9-,10-/m1/s1. The second kappa shape index (κ2) is 4.38. The summed E-state index contributed by atoms with van der Waals surface area (Å²) in [4.78, 5) is 14.0. The highest BCUT2D eigenvalue weighted by Crippen LogP contribution is 2.30. The van der Waals surface area contributed by atoms with E-state index in [1.165, 1.54) is 0 Å². The highest BCUT2D eigenvalue weighted by molar-refractivity contribution is 5.69. The lowest BCUT2D eigenvalue weighted by Crippen LogP contribution is -2.60. The summed E-state index contributed by atoms with van der Waals surface area (Å²) in [6.45, 7) is 11.2. The van der Waals surface area contributed by atoms with E-state index in [1.807, 2.05) is 34.6 Å². The molecule has 5 heteroatoms. The number of carbonyl (C=O) groups is 1. The van der Waals surface area contributed by atoms with Gasteiger partial charge in [-0.3, -0.25) is 4.90 Å². The van der Waals surface area contributed by atoms with E-state index in [1.54, 1.807) is 4.90 Å². The van der Waals surface area contributed by atoms with Gasteiger partial charge in [0.2, 0.25) is 0 Å². The van der Waals surface area contributed by atoms with Crippen molar-refractivity contribution in [2.24, 2.45) is 0 Å². The molecule has 0 aliphatic carbocycles. The Morgan fingerprint density at radius 1 is 1.33 bits per heavy atom. The molecule has 1 amide bonds. The molecule has 2 atom stereocenters. The summed E-state index contributed by atoms with van der Waals surface area (Å²) in [7, 11) is 0. The fourth-order valence-corrected chi connectivity index (χ4v) is 2.42. The van der Waals surface area contributed by atoms with Crippen LogP contribution in [0.4, 0.5) is 4.79 Å². The van der Waals surface area contributed by atoms with E-state index < -0.39 is 5.60 Å². The average Bonchev–Trinajstić information content (AvgIpc) is 2.59. The van der Waals surface area contributed by atoms with Gasteiger partial charge in [-0.05, 0) is 34.6 Å². The van der Waals surface area contributed by atoms with Crippen molar-refractivity contribution in [1.29, 1.82) is 0 Å². The van der Waals surface area contributed by atoms with Crippen LogP contribution in [-0.2, 0) is 14.2 Å². The maximum atomic E-state index is 12.2. The molecule has 0 spiro atoms. The molecule has 2 fully saturated rings. The average molecular weight is 257 g/mol. The lowest BCUT2D eigenvalue weighted by molar-refractivity contribution is -0.145. The number of carbonyl (C=O) groups excluding carboxylic acids is 1. The van der Waals surface area contributed by atoms with Gasteiger partial charge in [-0.25, -0.2) is 4.79 Å². The number of ether oxygens (including phenoxy) is 3. The van der Waals surface area contributed by atoms with Gasteiger partial charge in [0.25, 0.3) is 0 Å². The maximum absolute atomic E-state index is 12.2. The number of fused-ring (bicyclic) bond motifs is 1. The minimum Gasteiger partial charge on any atom is -0.444 e. The molecule has 0 bridgehead atoms. The van der Waals surface area contributed by atoms with Crippen LogP contribution in [0.15, 0.2) is 0 Å². The molecule has 2 aliphatic heterocycles. The van der Waals surface area contributed by atoms with E-state index in [0.717, 1.165) is 0 Å². The van der Waals surface area contributed by atoms with Crippen LogP contribution in [0.2, 0.25) is 0 Å². The normalized spacial score (nSPS) is 31.1. The van der Waals surface area contributed by atoms with Crippen LogP contribution in [-0.4, -0.2) is 54.1 Å². The summed E-state index contributed by atoms with van der Waals surface area (Å²) >= 11 is 0. The molecular formula is C13H23NO4. The van der Waals surface area contributed by atoms with Crippen molar-refractivity contribution in [3.63, 3.8) is 0 Å². The molecule has 2 heterocycles. The first kappa shape index (κ1) is 13.6. The largest absolute Gasteiger partial charge is 0.444 e. The Morgan fingerprint density at radius 2 is 2.00 bits per heavy atom. The lowest BCUT2D eigenvalue weighted by Gasteiger charge is -2.44. The monoisotopic (exact) mass is 257 g/mol. The van der Waals surface area contributed by atoms with Crippen LogP contribution in [0.3, 0.4) is 0 Å². The molecule has 0 aromatic carbocycles. The first-order valence-electron chi connectivity index (χ1n) is 6.43. The summed E-state index contributed by atoms with van der Waals surface area (Å²) in [6, 6.07) is -0.0205. The molecule has 0 unspecified atom stereocenters. The molecule has 2 saturated heterocycles. The third-order valence-corrected chi connectivity index (χ3v) is 3.05. The summed E-state index contributed by atoms with van der Waals surface area (Å²) in [5.74, 6) is 0. The molecule has 5 nitrogen and oxygen atoms in total. The van der Waals surface area contributed by atoms with E-state index in [2.05, 4.69) is 0 Å². The molecule has 18 heavy (non-hydrogen) atoms. The first-order chi connectivity index (χ1) is 8.18. The van der Waals surface area contributed by atoms with Crippen LogP contribution in [0.5, 0.6) is 0 Å². The SMILES string of the molecule is CC(C)(C)OC(=O)N1CC(C)(C)O[C@@H]2COC[C@H]21. The number of hydrogen-bond donors (Lipinski definition) is 0. The Morgan fingerprint density at radius 3 is 2.61 bits per heavy atom. The lowest BCUT2D eigenvalue weighted by atomic mass is 10.0. The van der Waals surface area contributed by atoms with E-state index in [0.29, 0.717) is 19.8 Å². The molecule has 2 rings (SSSR count). The Balaban J connectivity index is 2.12. The zero-order valence-corrected chi connectivity index (χ0v) is 11.9. The van der Waals surface area contributed by atoms with Gasteiger partial charge in [-0.1, -0.05) is 0 Å². The zero-order chi connectivity index (χ0) is 13.6. The molecule has 0 N–H and O–H groups in total. The zero-order valence-electron chi connectivity index (χ0n) is 11.9. The summed E-state index contributed by atoms with van der Waals surface area (Å²) in [6.07, 6.45) is -0.319. The Hall–Kier alpha value is -0.810. The number of rotatable bonds is 0. The molecule has 0 aromatic heterocycles. The van der Waals surface area contributed by atoms with Crippen LogP contribution in [0.1, 0.15) is 34.6 Å². The van der Waals surface area contributed by atoms with Gasteiger partial charge in [-0.15, -0.1) is 0 Å². The van der Waals surface area contributed by atoms with Gasteiger partial charge in [-0.2, -0.15) is 0 Å².